The SMILES string of the molecule is CCCCC(CC)CN1C=C2C(=O)N(CC(CC)CCCC)C(c3cccs3)=C2C1=O. The van der Waals surface area contributed by atoms with Gasteiger partial charge in [-0.05, 0) is 36.1 Å². The van der Waals surface area contributed by atoms with E-state index in [9.17, 15) is 9.59 Å². The van der Waals surface area contributed by atoms with Gasteiger partial charge in [-0.25, -0.2) is 0 Å². The van der Waals surface area contributed by atoms with Crippen LogP contribution in [0.15, 0.2) is 34.9 Å². The number of nitrogens with zero attached hydrogens (tertiary/aromatic N) is 2. The van der Waals surface area contributed by atoms with Gasteiger partial charge in [-0.3, -0.25) is 9.59 Å². The van der Waals surface area contributed by atoms with E-state index >= 15 is 0 Å². The first-order chi connectivity index (χ1) is 15.0. The van der Waals surface area contributed by atoms with Crippen LogP contribution in [0.2, 0.25) is 0 Å². The molecule has 0 saturated heterocycles. The van der Waals surface area contributed by atoms with Crippen LogP contribution in [0.3, 0.4) is 0 Å². The summed E-state index contributed by atoms with van der Waals surface area (Å²) in [6.07, 6.45) is 10.9. The van der Waals surface area contributed by atoms with Crippen molar-refractivity contribution in [3.63, 3.8) is 0 Å². The van der Waals surface area contributed by atoms with E-state index in [1.807, 2.05) is 33.5 Å². The Morgan fingerprint density at radius 1 is 0.903 bits per heavy atom. The summed E-state index contributed by atoms with van der Waals surface area (Å²) >= 11 is 1.61. The molecule has 0 spiro atoms. The van der Waals surface area contributed by atoms with Crippen molar-refractivity contribution in [3.8, 4) is 0 Å². The minimum atomic E-state index is 0.00538. The number of thiophene rings is 1. The molecular formula is C26H38N2O2S. The highest BCUT2D eigenvalue weighted by atomic mass is 32.1. The lowest BCUT2D eigenvalue weighted by molar-refractivity contribution is -0.124. The number of hydrogen-bond donors (Lipinski definition) is 0. The second kappa shape index (κ2) is 11.1. The first-order valence-electron chi connectivity index (χ1n) is 12.2. The van der Waals surface area contributed by atoms with Crippen molar-refractivity contribution < 1.29 is 9.59 Å². The van der Waals surface area contributed by atoms with Gasteiger partial charge in [0, 0.05) is 19.3 Å². The number of unbranched alkanes of at least 4 members (excludes halogenated alkanes) is 2. The summed E-state index contributed by atoms with van der Waals surface area (Å²) in [5.41, 5.74) is 2.07. The monoisotopic (exact) mass is 442 g/mol. The molecule has 3 rings (SSSR count). The minimum Gasteiger partial charge on any atom is -0.314 e. The first-order valence-corrected chi connectivity index (χ1v) is 13.1. The van der Waals surface area contributed by atoms with Crippen LogP contribution in [0.5, 0.6) is 0 Å². The summed E-state index contributed by atoms with van der Waals surface area (Å²) in [6, 6.07) is 4.04. The topological polar surface area (TPSA) is 40.6 Å². The van der Waals surface area contributed by atoms with Crippen LogP contribution in [0.25, 0.3) is 5.70 Å². The second-order valence-corrected chi connectivity index (χ2v) is 9.90. The van der Waals surface area contributed by atoms with Crippen molar-refractivity contribution in [1.29, 1.82) is 0 Å². The highest BCUT2D eigenvalue weighted by molar-refractivity contribution is 7.11. The zero-order valence-electron chi connectivity index (χ0n) is 19.7. The zero-order valence-corrected chi connectivity index (χ0v) is 20.5. The Labute approximate surface area is 192 Å². The molecule has 4 nitrogen and oxygen atoms in total. The Bertz CT molecular complexity index is 824. The Morgan fingerprint density at radius 3 is 2.10 bits per heavy atom. The van der Waals surface area contributed by atoms with Crippen molar-refractivity contribution in [2.24, 2.45) is 11.8 Å². The molecule has 1 aromatic rings. The van der Waals surface area contributed by atoms with Gasteiger partial charge >= 0.3 is 0 Å². The fourth-order valence-electron chi connectivity index (χ4n) is 4.66. The van der Waals surface area contributed by atoms with Gasteiger partial charge in [-0.1, -0.05) is 72.3 Å². The number of amides is 2. The molecule has 2 amide bonds. The molecule has 1 aromatic heterocycles. The normalized spacial score (nSPS) is 18.1. The number of carbonyl (C=O) groups excluding carboxylic acids is 2. The van der Waals surface area contributed by atoms with E-state index in [1.165, 1.54) is 25.7 Å². The Kier molecular flexibility index (Phi) is 8.53. The molecule has 0 N–H and O–H groups in total. The average Bonchev–Trinajstić information content (AvgIpc) is 3.47. The molecule has 3 heterocycles. The van der Waals surface area contributed by atoms with E-state index in [4.69, 9.17) is 0 Å². The van der Waals surface area contributed by atoms with Gasteiger partial charge < -0.3 is 9.80 Å². The lowest BCUT2D eigenvalue weighted by Gasteiger charge is -2.27. The molecule has 0 aromatic carbocycles. The van der Waals surface area contributed by atoms with Crippen LogP contribution >= 0.6 is 11.3 Å². The summed E-state index contributed by atoms with van der Waals surface area (Å²) in [5.74, 6) is 0.954. The molecule has 0 radical (unpaired) electrons. The van der Waals surface area contributed by atoms with Gasteiger partial charge in [0.05, 0.1) is 21.7 Å². The predicted octanol–water partition coefficient (Wildman–Crippen LogP) is 6.46. The van der Waals surface area contributed by atoms with E-state index in [1.54, 1.807) is 11.3 Å². The van der Waals surface area contributed by atoms with Crippen molar-refractivity contribution in [2.45, 2.75) is 79.1 Å². The largest absolute Gasteiger partial charge is 0.314 e. The zero-order chi connectivity index (χ0) is 22.4. The van der Waals surface area contributed by atoms with Gasteiger partial charge in [-0.15, -0.1) is 11.3 Å². The van der Waals surface area contributed by atoms with E-state index < -0.39 is 0 Å². The lowest BCUT2D eigenvalue weighted by atomic mass is 9.98. The van der Waals surface area contributed by atoms with Gasteiger partial charge in [0.15, 0.2) is 0 Å². The molecule has 2 unspecified atom stereocenters. The molecule has 170 valence electrons. The molecule has 2 atom stereocenters. The predicted molar refractivity (Wildman–Crippen MR) is 129 cm³/mol. The second-order valence-electron chi connectivity index (χ2n) is 8.95. The van der Waals surface area contributed by atoms with Crippen LogP contribution in [0, 0.1) is 11.8 Å². The Balaban J connectivity index is 1.89. The summed E-state index contributed by atoms with van der Waals surface area (Å²) in [7, 11) is 0. The van der Waals surface area contributed by atoms with Gasteiger partial charge in [0.1, 0.15) is 0 Å². The Hall–Kier alpha value is -1.88. The lowest BCUT2D eigenvalue weighted by Crippen LogP contribution is -2.32. The Morgan fingerprint density at radius 2 is 1.55 bits per heavy atom. The van der Waals surface area contributed by atoms with E-state index in [0.717, 1.165) is 36.3 Å². The van der Waals surface area contributed by atoms with Crippen LogP contribution in [0.4, 0.5) is 0 Å². The molecule has 2 aliphatic heterocycles. The van der Waals surface area contributed by atoms with Gasteiger partial charge in [0.2, 0.25) is 0 Å². The number of hydrogen-bond acceptors (Lipinski definition) is 3. The summed E-state index contributed by atoms with van der Waals surface area (Å²) in [6.45, 7) is 10.2. The maximum absolute atomic E-state index is 13.5. The maximum atomic E-state index is 13.5. The third kappa shape index (κ3) is 5.14. The number of rotatable bonds is 13. The van der Waals surface area contributed by atoms with Gasteiger partial charge in [-0.2, -0.15) is 0 Å². The standard InChI is InChI=1S/C26H38N2O2S/c1-5-9-12-19(7-3)16-27-18-21-23(26(27)30)24(22-14-11-15-31-22)28(25(21)29)17-20(8-4)13-10-6-2/h11,14-15,18-20H,5-10,12-13,16-17H2,1-4H3. The molecule has 5 heteroatoms. The van der Waals surface area contributed by atoms with Crippen LogP contribution in [-0.4, -0.2) is 34.7 Å². The molecule has 0 saturated carbocycles. The van der Waals surface area contributed by atoms with E-state index in [2.05, 4.69) is 27.7 Å². The van der Waals surface area contributed by atoms with Crippen molar-refractivity contribution in [3.05, 3.63) is 39.7 Å². The minimum absolute atomic E-state index is 0.00538. The molecule has 2 aliphatic rings. The fourth-order valence-corrected chi connectivity index (χ4v) is 5.45. The highest BCUT2D eigenvalue weighted by Crippen LogP contribution is 2.42. The third-order valence-corrected chi connectivity index (χ3v) is 7.62. The van der Waals surface area contributed by atoms with E-state index in [-0.39, 0.29) is 11.8 Å². The highest BCUT2D eigenvalue weighted by Gasteiger charge is 2.45. The van der Waals surface area contributed by atoms with Crippen LogP contribution in [-0.2, 0) is 9.59 Å². The molecule has 0 bridgehead atoms. The average molecular weight is 443 g/mol. The summed E-state index contributed by atoms with van der Waals surface area (Å²) < 4.78 is 0. The molecular weight excluding hydrogens is 404 g/mol. The number of fused-ring (bicyclic) bond motifs is 1. The fraction of sp³-hybridized carbons (Fsp3) is 0.615. The maximum Gasteiger partial charge on any atom is 0.260 e. The van der Waals surface area contributed by atoms with Crippen molar-refractivity contribution in [2.75, 3.05) is 13.1 Å². The third-order valence-electron chi connectivity index (χ3n) is 6.75. The van der Waals surface area contributed by atoms with E-state index in [0.29, 0.717) is 36.1 Å². The summed E-state index contributed by atoms with van der Waals surface area (Å²) in [5, 5.41) is 2.02. The van der Waals surface area contributed by atoms with Crippen molar-refractivity contribution >= 4 is 28.8 Å². The molecule has 0 aliphatic carbocycles. The number of carbonyl (C=O) groups is 2. The quantitative estimate of drug-likeness (QED) is 0.352. The molecule has 0 fully saturated rings. The molecule has 31 heavy (non-hydrogen) atoms. The van der Waals surface area contributed by atoms with Crippen LogP contribution < -0.4 is 0 Å². The smallest absolute Gasteiger partial charge is 0.260 e. The first kappa shape index (κ1) is 23.8. The van der Waals surface area contributed by atoms with Gasteiger partial charge in [0.25, 0.3) is 11.8 Å². The van der Waals surface area contributed by atoms with Crippen molar-refractivity contribution in [1.82, 2.24) is 9.80 Å². The van der Waals surface area contributed by atoms with Crippen LogP contribution in [0.1, 0.15) is 83.9 Å². The summed E-state index contributed by atoms with van der Waals surface area (Å²) in [4.78, 5) is 31.7.